The fourth-order valence-electron chi connectivity index (χ4n) is 4.99. The molecule has 0 aliphatic heterocycles. The molecule has 160 valence electrons. The molecule has 0 amide bonds. The Morgan fingerprint density at radius 1 is 1.10 bits per heavy atom. The summed E-state index contributed by atoms with van der Waals surface area (Å²) in [6.07, 6.45) is 5.27. The zero-order chi connectivity index (χ0) is 21.7. The van der Waals surface area contributed by atoms with Crippen molar-refractivity contribution in [1.82, 2.24) is 24.1 Å². The Balaban J connectivity index is 1.87. The van der Waals surface area contributed by atoms with Crippen molar-refractivity contribution in [3.8, 4) is 17.0 Å². The first-order chi connectivity index (χ1) is 15.0. The van der Waals surface area contributed by atoms with Gasteiger partial charge in [0.25, 0.3) is 11.3 Å². The number of aromatic nitrogens is 5. The molecule has 0 spiro atoms. The van der Waals surface area contributed by atoms with Crippen molar-refractivity contribution in [3.05, 3.63) is 52.7 Å². The topological polar surface area (TPSA) is 74.3 Å². The molecule has 1 saturated carbocycles. The van der Waals surface area contributed by atoms with E-state index in [1.165, 1.54) is 6.42 Å². The number of fused-ring (bicyclic) bond motifs is 2. The molecule has 4 aromatic rings. The van der Waals surface area contributed by atoms with Crippen molar-refractivity contribution in [2.45, 2.75) is 46.1 Å². The second-order valence-corrected chi connectivity index (χ2v) is 8.65. The van der Waals surface area contributed by atoms with E-state index >= 15 is 0 Å². The van der Waals surface area contributed by atoms with E-state index in [2.05, 4.69) is 28.9 Å². The maximum absolute atomic E-state index is 13.9. The minimum Gasteiger partial charge on any atom is -0.496 e. The molecule has 1 aromatic carbocycles. The Labute approximate surface area is 180 Å². The van der Waals surface area contributed by atoms with Gasteiger partial charge in [0.15, 0.2) is 0 Å². The molecule has 1 aliphatic rings. The predicted octanol–water partition coefficient (Wildman–Crippen LogP) is 4.42. The van der Waals surface area contributed by atoms with Gasteiger partial charge < -0.3 is 9.30 Å². The highest BCUT2D eigenvalue weighted by Crippen LogP contribution is 2.38. The number of methoxy groups -OCH3 is 1. The monoisotopic (exact) mass is 417 g/mol. The van der Waals surface area contributed by atoms with E-state index in [1.54, 1.807) is 11.6 Å². The third kappa shape index (κ3) is 3.10. The van der Waals surface area contributed by atoms with E-state index in [1.807, 2.05) is 48.0 Å². The van der Waals surface area contributed by atoms with Crippen molar-refractivity contribution < 1.29 is 4.74 Å². The summed E-state index contributed by atoms with van der Waals surface area (Å²) >= 11 is 0. The van der Waals surface area contributed by atoms with Gasteiger partial charge >= 0.3 is 0 Å². The fraction of sp³-hybridized carbons (Fsp3) is 0.417. The van der Waals surface area contributed by atoms with Crippen molar-refractivity contribution in [1.29, 1.82) is 0 Å². The van der Waals surface area contributed by atoms with E-state index < -0.39 is 0 Å². The van der Waals surface area contributed by atoms with Crippen LogP contribution in [0, 0.1) is 18.8 Å². The van der Waals surface area contributed by atoms with Crippen molar-refractivity contribution >= 4 is 16.7 Å². The Hall–Kier alpha value is -3.22. The van der Waals surface area contributed by atoms with Gasteiger partial charge in [0.2, 0.25) is 0 Å². The smallest absolute Gasteiger partial charge is 0.262 e. The summed E-state index contributed by atoms with van der Waals surface area (Å²) in [6, 6.07) is 9.81. The van der Waals surface area contributed by atoms with Crippen LogP contribution in [0.3, 0.4) is 0 Å². The minimum atomic E-state index is -0.0353. The number of pyridine rings is 1. The van der Waals surface area contributed by atoms with E-state index in [9.17, 15) is 4.79 Å². The molecule has 7 heteroatoms. The number of hydrogen-bond acceptors (Lipinski definition) is 5. The molecule has 0 N–H and O–H groups in total. The third-order valence-corrected chi connectivity index (χ3v) is 6.85. The Bertz CT molecular complexity index is 1340. The van der Waals surface area contributed by atoms with E-state index in [0.29, 0.717) is 45.8 Å². The first kappa shape index (κ1) is 19.7. The number of ether oxygens (including phenoxy) is 1. The second kappa shape index (κ2) is 7.48. The molecule has 3 aromatic heterocycles. The van der Waals surface area contributed by atoms with Gasteiger partial charge in [0.1, 0.15) is 11.6 Å². The van der Waals surface area contributed by atoms with Crippen molar-refractivity contribution in [2.24, 2.45) is 11.8 Å². The van der Waals surface area contributed by atoms with Gasteiger partial charge in [-0.05, 0) is 43.4 Å². The first-order valence-electron chi connectivity index (χ1n) is 10.9. The summed E-state index contributed by atoms with van der Waals surface area (Å²) in [4.78, 5) is 23.1. The average Bonchev–Trinajstić information content (AvgIpc) is 3.14. The zero-order valence-corrected chi connectivity index (χ0v) is 18.4. The quantitative estimate of drug-likeness (QED) is 0.493. The number of rotatable bonds is 3. The van der Waals surface area contributed by atoms with Crippen molar-refractivity contribution in [3.63, 3.8) is 0 Å². The highest BCUT2D eigenvalue weighted by Gasteiger charge is 2.30. The molecule has 3 heterocycles. The van der Waals surface area contributed by atoms with Gasteiger partial charge in [-0.15, -0.1) is 5.10 Å². The van der Waals surface area contributed by atoms with Gasteiger partial charge in [0.05, 0.1) is 23.7 Å². The normalized spacial score (nSPS) is 21.6. The van der Waals surface area contributed by atoms with Crippen molar-refractivity contribution in [2.75, 3.05) is 7.11 Å². The Morgan fingerprint density at radius 3 is 2.71 bits per heavy atom. The van der Waals surface area contributed by atoms with E-state index in [-0.39, 0.29) is 11.6 Å². The lowest BCUT2D eigenvalue weighted by atomic mass is 9.78. The molecule has 0 bridgehead atoms. The molecule has 0 unspecified atom stereocenters. The third-order valence-electron chi connectivity index (χ3n) is 6.85. The molecule has 1 aliphatic carbocycles. The van der Waals surface area contributed by atoms with Gasteiger partial charge in [0, 0.05) is 17.8 Å². The molecule has 7 nitrogen and oxygen atoms in total. The maximum Gasteiger partial charge on any atom is 0.262 e. The van der Waals surface area contributed by atoms with Crippen LogP contribution in [0.5, 0.6) is 5.75 Å². The lowest BCUT2D eigenvalue weighted by molar-refractivity contribution is 0.183. The first-order valence-corrected chi connectivity index (χ1v) is 10.9. The van der Waals surface area contributed by atoms with E-state index in [4.69, 9.17) is 4.74 Å². The molecular weight excluding hydrogens is 390 g/mol. The van der Waals surface area contributed by atoms with Crippen LogP contribution in [0.2, 0.25) is 0 Å². The number of nitrogens with zero attached hydrogens (tertiary/aromatic N) is 5. The summed E-state index contributed by atoms with van der Waals surface area (Å²) < 4.78 is 9.22. The van der Waals surface area contributed by atoms with E-state index in [0.717, 1.165) is 18.4 Å². The van der Waals surface area contributed by atoms with Crippen LogP contribution < -0.4 is 10.3 Å². The standard InChI is InChI=1S/C24H27N5O2/c1-14-8-7-10-19(15(14)2)28-13-12-18-21(23(28)30)22(17-9-5-6-11-20(17)31-4)29-24(26-18)25-16(3)27-29/h5-6,9,11-15,19H,7-8,10H2,1-4H3/t14-,15-,19-/m1/s1. The fourth-order valence-corrected chi connectivity index (χ4v) is 4.99. The van der Waals surface area contributed by atoms with Gasteiger partial charge in [-0.3, -0.25) is 4.79 Å². The van der Waals surface area contributed by atoms with Gasteiger partial charge in [-0.1, -0.05) is 38.8 Å². The van der Waals surface area contributed by atoms with Gasteiger partial charge in [-0.25, -0.2) is 4.98 Å². The molecule has 1 fully saturated rings. The highest BCUT2D eigenvalue weighted by atomic mass is 16.5. The molecule has 5 rings (SSSR count). The van der Waals surface area contributed by atoms with Crippen LogP contribution in [0.4, 0.5) is 0 Å². The summed E-state index contributed by atoms with van der Waals surface area (Å²) in [5, 5.41) is 5.12. The predicted molar refractivity (Wildman–Crippen MR) is 120 cm³/mol. The molecule has 0 saturated heterocycles. The molecule has 31 heavy (non-hydrogen) atoms. The zero-order valence-electron chi connectivity index (χ0n) is 18.4. The highest BCUT2D eigenvalue weighted by molar-refractivity contribution is 5.94. The summed E-state index contributed by atoms with van der Waals surface area (Å²) in [5.41, 5.74) is 2.06. The lowest BCUT2D eigenvalue weighted by Gasteiger charge is -2.35. The lowest BCUT2D eigenvalue weighted by Crippen LogP contribution is -2.33. The number of benzene rings is 1. The largest absolute Gasteiger partial charge is 0.496 e. The Morgan fingerprint density at radius 2 is 1.90 bits per heavy atom. The number of hydrogen-bond donors (Lipinski definition) is 0. The Kier molecular flexibility index (Phi) is 4.76. The minimum absolute atomic E-state index is 0.0353. The average molecular weight is 418 g/mol. The van der Waals surface area contributed by atoms with Crippen LogP contribution in [0.1, 0.15) is 45.0 Å². The molecule has 0 radical (unpaired) electrons. The van der Waals surface area contributed by atoms with Crippen LogP contribution in [0.25, 0.3) is 27.9 Å². The van der Waals surface area contributed by atoms with Crippen LogP contribution in [0.15, 0.2) is 41.3 Å². The summed E-state index contributed by atoms with van der Waals surface area (Å²) in [7, 11) is 1.63. The summed E-state index contributed by atoms with van der Waals surface area (Å²) in [5.74, 6) is 2.79. The number of para-hydroxylation sites is 1. The molecular formula is C24H27N5O2. The van der Waals surface area contributed by atoms with Gasteiger partial charge in [-0.2, -0.15) is 9.50 Å². The SMILES string of the molecule is COc1ccccc1-c1c2c(=O)n([C@@H]3CCC[C@@H](C)[C@H]3C)ccc2nc2nc(C)nn12. The van der Waals surface area contributed by atoms with Crippen LogP contribution in [-0.2, 0) is 0 Å². The molecule has 3 atom stereocenters. The number of aryl methyl sites for hydroxylation is 1. The van der Waals surface area contributed by atoms with Crippen LogP contribution >= 0.6 is 0 Å². The van der Waals surface area contributed by atoms with Crippen LogP contribution in [-0.4, -0.2) is 31.3 Å². The second-order valence-electron chi connectivity index (χ2n) is 8.65. The summed E-state index contributed by atoms with van der Waals surface area (Å²) in [6.45, 7) is 6.37. The maximum atomic E-state index is 13.9.